The molecule has 10 nitrogen and oxygen atoms in total. The molecule has 2 atom stereocenters. The van der Waals surface area contributed by atoms with E-state index in [1.165, 1.54) is 15.8 Å². The Balaban J connectivity index is 1.41. The molecule has 2 aliphatic heterocycles. The highest BCUT2D eigenvalue weighted by atomic mass is 19.4. The number of anilines is 3. The van der Waals surface area contributed by atoms with E-state index in [2.05, 4.69) is 15.4 Å². The third-order valence-electron chi connectivity index (χ3n) is 6.90. The van der Waals surface area contributed by atoms with Crippen molar-refractivity contribution in [1.29, 1.82) is 0 Å². The van der Waals surface area contributed by atoms with Gasteiger partial charge < -0.3 is 30.8 Å². The number of piperidine rings is 1. The molecular weight excluding hydrogens is 479 g/mol. The van der Waals surface area contributed by atoms with E-state index < -0.39 is 24.0 Å². The van der Waals surface area contributed by atoms with E-state index in [0.29, 0.717) is 30.1 Å². The highest BCUT2D eigenvalue weighted by Gasteiger charge is 2.44. The van der Waals surface area contributed by atoms with Crippen molar-refractivity contribution in [2.75, 3.05) is 42.3 Å². The third-order valence-corrected chi connectivity index (χ3v) is 6.90. The van der Waals surface area contributed by atoms with Gasteiger partial charge in [0.2, 0.25) is 5.88 Å². The number of carbonyl (C=O) groups is 1. The molecule has 2 saturated heterocycles. The zero-order valence-electron chi connectivity index (χ0n) is 19.7. The Bertz CT molecular complexity index is 1270. The lowest BCUT2D eigenvalue weighted by atomic mass is 9.93. The number of furan rings is 1. The van der Waals surface area contributed by atoms with Crippen LogP contribution >= 0.6 is 0 Å². The van der Waals surface area contributed by atoms with Crippen LogP contribution in [-0.4, -0.2) is 59.2 Å². The summed E-state index contributed by atoms with van der Waals surface area (Å²) in [4.78, 5) is 19.2. The number of nitrogens with zero attached hydrogens (tertiary/aromatic N) is 4. The predicted molar refractivity (Wildman–Crippen MR) is 127 cm³/mol. The minimum absolute atomic E-state index is 0.0573. The lowest BCUT2D eigenvalue weighted by molar-refractivity contribution is -0.177. The van der Waals surface area contributed by atoms with Gasteiger partial charge in [0.25, 0.3) is 5.91 Å². The quantitative estimate of drug-likeness (QED) is 0.490. The molecule has 13 heteroatoms. The number of alkyl halides is 3. The lowest BCUT2D eigenvalue weighted by Crippen LogP contribution is -2.51. The number of halogens is 3. The topological polar surface area (TPSA) is 137 Å². The number of carbonyl (C=O) groups excluding carboxylic acids is 1. The van der Waals surface area contributed by atoms with E-state index in [1.807, 2.05) is 6.07 Å². The Morgan fingerprint density at radius 3 is 2.69 bits per heavy atom. The van der Waals surface area contributed by atoms with Gasteiger partial charge in [0.05, 0.1) is 12.1 Å². The second-order valence-electron chi connectivity index (χ2n) is 9.44. The molecule has 5 rings (SSSR count). The maximum absolute atomic E-state index is 13.5. The van der Waals surface area contributed by atoms with Crippen LogP contribution in [0, 0.1) is 5.92 Å². The number of nitrogens with two attached hydrogens (primary N) is 2. The summed E-state index contributed by atoms with van der Waals surface area (Å²) in [6.45, 7) is 1.26. The smallest absolute Gasteiger partial charge is 0.393 e. The summed E-state index contributed by atoms with van der Waals surface area (Å²) in [7, 11) is 1.59. The average Bonchev–Trinajstić information content (AvgIpc) is 3.36. The Labute approximate surface area is 204 Å². The van der Waals surface area contributed by atoms with Gasteiger partial charge in [0, 0.05) is 45.6 Å². The monoisotopic (exact) mass is 507 g/mol. The number of nitrogen functional groups attached to an aromatic ring is 1. The molecule has 3 aromatic heterocycles. The summed E-state index contributed by atoms with van der Waals surface area (Å²) >= 11 is 0. The first-order valence-corrected chi connectivity index (χ1v) is 11.8. The van der Waals surface area contributed by atoms with Crippen LogP contribution in [0.1, 0.15) is 41.1 Å². The number of hydrogen-bond donors (Lipinski definition) is 3. The molecule has 1 amide bonds. The third kappa shape index (κ3) is 4.60. The van der Waals surface area contributed by atoms with Crippen molar-refractivity contribution in [3.63, 3.8) is 0 Å². The molecule has 0 aliphatic carbocycles. The van der Waals surface area contributed by atoms with Crippen molar-refractivity contribution in [1.82, 2.24) is 14.8 Å². The van der Waals surface area contributed by atoms with Gasteiger partial charge in [-0.2, -0.15) is 18.3 Å². The molecule has 2 fully saturated rings. The summed E-state index contributed by atoms with van der Waals surface area (Å²) in [6, 6.07) is 1.17. The largest absolute Gasteiger partial charge is 0.438 e. The minimum Gasteiger partial charge on any atom is -0.438 e. The predicted octanol–water partition coefficient (Wildman–Crippen LogP) is 3.01. The summed E-state index contributed by atoms with van der Waals surface area (Å²) in [6.07, 6.45) is 0.305. The highest BCUT2D eigenvalue weighted by molar-refractivity contribution is 6.15. The summed E-state index contributed by atoms with van der Waals surface area (Å²) in [5, 5.41) is 6.87. The van der Waals surface area contributed by atoms with Crippen molar-refractivity contribution in [2.24, 2.45) is 18.7 Å². The number of amides is 1. The van der Waals surface area contributed by atoms with Gasteiger partial charge in [-0.15, -0.1) is 0 Å². The van der Waals surface area contributed by atoms with Crippen molar-refractivity contribution < 1.29 is 27.1 Å². The molecule has 0 aromatic carbocycles. The van der Waals surface area contributed by atoms with Crippen LogP contribution in [0.2, 0.25) is 0 Å². The van der Waals surface area contributed by atoms with Gasteiger partial charge in [-0.3, -0.25) is 14.5 Å². The number of aryl methyl sites for hydroxylation is 1. The standard InChI is InChI=1S/C23H28F3N7O3/c1-32-22(33-10-14(23(24,25)26)7-15(27)11-33)16(9-30-32)31-21(34)18-19-17(36-20(18)28)6-13(8-29-19)12-2-4-35-5-3-12/h6,8-9,12,14-15H,2-5,7,10-11,27-28H2,1H3,(H,31,34)/t14-,15-/m0/s1. The summed E-state index contributed by atoms with van der Waals surface area (Å²) in [5.41, 5.74) is 14.0. The Morgan fingerprint density at radius 2 is 1.97 bits per heavy atom. The average molecular weight is 508 g/mol. The fourth-order valence-corrected chi connectivity index (χ4v) is 5.11. The Morgan fingerprint density at radius 1 is 1.22 bits per heavy atom. The van der Waals surface area contributed by atoms with Gasteiger partial charge in [0.1, 0.15) is 16.8 Å². The minimum atomic E-state index is -4.38. The number of nitrogens with one attached hydrogen (secondary N) is 1. The SMILES string of the molecule is Cn1ncc(NC(=O)c2c(N)oc3cc(C4CCOCC4)cnc23)c1N1C[C@@H](N)C[C@H](C(F)(F)F)C1. The van der Waals surface area contributed by atoms with Crippen LogP contribution < -0.4 is 21.7 Å². The van der Waals surface area contributed by atoms with Crippen molar-refractivity contribution >= 4 is 34.4 Å². The molecular formula is C23H28F3N7O3. The van der Waals surface area contributed by atoms with Gasteiger partial charge >= 0.3 is 6.18 Å². The molecule has 5 N–H and O–H groups in total. The number of pyridine rings is 1. The number of fused-ring (bicyclic) bond motifs is 1. The fraction of sp³-hybridized carbons (Fsp3) is 0.522. The van der Waals surface area contributed by atoms with E-state index in [1.54, 1.807) is 13.2 Å². The second-order valence-corrected chi connectivity index (χ2v) is 9.44. The zero-order valence-corrected chi connectivity index (χ0v) is 19.7. The Kier molecular flexibility index (Phi) is 6.29. The number of aromatic nitrogens is 3. The first-order valence-electron chi connectivity index (χ1n) is 11.8. The van der Waals surface area contributed by atoms with Crippen molar-refractivity contribution in [2.45, 2.75) is 37.4 Å². The summed E-state index contributed by atoms with van der Waals surface area (Å²) < 4.78 is 52.8. The number of hydrogen-bond acceptors (Lipinski definition) is 8. The van der Waals surface area contributed by atoms with Crippen molar-refractivity contribution in [3.05, 3.63) is 29.6 Å². The van der Waals surface area contributed by atoms with Crippen LogP contribution in [-0.2, 0) is 11.8 Å². The molecule has 0 saturated carbocycles. The van der Waals surface area contributed by atoms with E-state index in [0.717, 1.165) is 18.4 Å². The summed E-state index contributed by atoms with van der Waals surface area (Å²) in [5.74, 6) is -1.66. The van der Waals surface area contributed by atoms with Crippen LogP contribution in [0.3, 0.4) is 0 Å². The fourth-order valence-electron chi connectivity index (χ4n) is 5.11. The molecule has 0 bridgehead atoms. The maximum atomic E-state index is 13.5. The zero-order chi connectivity index (χ0) is 25.6. The van der Waals surface area contributed by atoms with Crippen molar-refractivity contribution in [3.8, 4) is 0 Å². The van der Waals surface area contributed by atoms with E-state index in [-0.39, 0.29) is 42.6 Å². The van der Waals surface area contributed by atoms with Crippen LogP contribution in [0.5, 0.6) is 0 Å². The van der Waals surface area contributed by atoms with Crippen LogP contribution in [0.25, 0.3) is 11.1 Å². The van der Waals surface area contributed by atoms with Gasteiger partial charge in [-0.05, 0) is 36.8 Å². The van der Waals surface area contributed by atoms with Gasteiger partial charge in [0.15, 0.2) is 11.4 Å². The van der Waals surface area contributed by atoms with Crippen LogP contribution in [0.15, 0.2) is 22.9 Å². The second kappa shape index (κ2) is 9.28. The van der Waals surface area contributed by atoms with E-state index in [9.17, 15) is 18.0 Å². The van der Waals surface area contributed by atoms with E-state index >= 15 is 0 Å². The van der Waals surface area contributed by atoms with E-state index in [4.69, 9.17) is 20.6 Å². The normalized spacial score (nSPS) is 21.8. The maximum Gasteiger partial charge on any atom is 0.393 e. The highest BCUT2D eigenvalue weighted by Crippen LogP contribution is 2.37. The first-order chi connectivity index (χ1) is 17.1. The van der Waals surface area contributed by atoms with Gasteiger partial charge in [-0.25, -0.2) is 0 Å². The molecule has 3 aromatic rings. The molecule has 2 aliphatic rings. The molecule has 194 valence electrons. The lowest BCUT2D eigenvalue weighted by Gasteiger charge is -2.38. The van der Waals surface area contributed by atoms with Crippen LogP contribution in [0.4, 0.5) is 30.6 Å². The Hall–Kier alpha value is -3.32. The number of ether oxygens (including phenoxy) is 1. The molecule has 5 heterocycles. The molecule has 0 unspecified atom stereocenters. The van der Waals surface area contributed by atoms with Gasteiger partial charge in [-0.1, -0.05) is 0 Å². The molecule has 0 radical (unpaired) electrons. The number of rotatable bonds is 4. The first kappa shape index (κ1) is 24.4. The molecule has 36 heavy (non-hydrogen) atoms. The molecule has 0 spiro atoms.